The molecule has 2 aromatic rings. The van der Waals surface area contributed by atoms with Gasteiger partial charge in [0.05, 0.1) is 6.33 Å². The van der Waals surface area contributed by atoms with Crippen molar-refractivity contribution in [2.75, 3.05) is 6.54 Å². The van der Waals surface area contributed by atoms with Gasteiger partial charge in [-0.05, 0) is 27.4 Å². The minimum Gasteiger partial charge on any atom is -0.476 e. The fourth-order valence-corrected chi connectivity index (χ4v) is 2.89. The number of rotatable bonds is 5. The summed E-state index contributed by atoms with van der Waals surface area (Å²) < 4.78 is 2.39. The molecule has 8 heteroatoms. The predicted octanol–water partition coefficient (Wildman–Crippen LogP) is 1.84. The second-order valence-corrected chi connectivity index (χ2v) is 5.43. The lowest BCUT2D eigenvalue weighted by atomic mass is 10.4. The Balaban J connectivity index is 1.85. The van der Waals surface area contributed by atoms with E-state index in [-0.39, 0.29) is 11.6 Å². The van der Waals surface area contributed by atoms with Crippen LogP contribution >= 0.6 is 27.3 Å². The summed E-state index contributed by atoms with van der Waals surface area (Å²) in [4.78, 5) is 26.8. The normalized spacial score (nSPS) is 10.4. The minimum absolute atomic E-state index is 0.00710. The Bertz CT molecular complexity index is 608. The predicted molar refractivity (Wildman–Crippen MR) is 73.5 cm³/mol. The molecule has 0 aliphatic rings. The Morgan fingerprint density at radius 1 is 1.53 bits per heavy atom. The third-order valence-electron chi connectivity index (χ3n) is 2.33. The van der Waals surface area contributed by atoms with Gasteiger partial charge in [0.2, 0.25) is 0 Å². The Kier molecular flexibility index (Phi) is 4.33. The van der Waals surface area contributed by atoms with Crippen LogP contribution in [0.1, 0.15) is 20.2 Å². The van der Waals surface area contributed by atoms with Crippen molar-refractivity contribution in [1.82, 2.24) is 14.9 Å². The molecule has 100 valence electrons. The Morgan fingerprint density at radius 3 is 2.89 bits per heavy atom. The summed E-state index contributed by atoms with van der Waals surface area (Å²) in [6, 6.07) is 1.81. The molecule has 0 radical (unpaired) electrons. The molecule has 0 unspecified atom stereocenters. The van der Waals surface area contributed by atoms with Gasteiger partial charge in [0, 0.05) is 23.8 Å². The standard InChI is InChI=1S/C11H10BrN3O3S/c12-7-1-4-19-9(7)10(16)13-2-3-15-5-8(11(17)18)14-6-15/h1,4-6H,2-3H2,(H,13,16)(H,17,18). The third-order valence-corrected chi connectivity index (χ3v) is 4.17. The van der Waals surface area contributed by atoms with Gasteiger partial charge in [-0.2, -0.15) is 0 Å². The zero-order chi connectivity index (χ0) is 13.8. The molecule has 6 nitrogen and oxygen atoms in total. The van der Waals surface area contributed by atoms with Crippen molar-refractivity contribution >= 4 is 39.1 Å². The zero-order valence-electron chi connectivity index (χ0n) is 9.67. The molecule has 2 heterocycles. The average Bonchev–Trinajstić information content (AvgIpc) is 2.97. The number of hydrogen-bond donors (Lipinski definition) is 2. The van der Waals surface area contributed by atoms with Crippen LogP contribution in [0.15, 0.2) is 28.4 Å². The van der Waals surface area contributed by atoms with E-state index in [0.29, 0.717) is 18.0 Å². The second kappa shape index (κ2) is 5.98. The van der Waals surface area contributed by atoms with E-state index in [1.807, 2.05) is 11.4 Å². The van der Waals surface area contributed by atoms with Crippen molar-refractivity contribution in [1.29, 1.82) is 0 Å². The number of nitrogens with one attached hydrogen (secondary N) is 1. The molecule has 2 aromatic heterocycles. The lowest BCUT2D eigenvalue weighted by molar-refractivity contribution is 0.0690. The number of imidazole rings is 1. The molecule has 0 aliphatic heterocycles. The number of halogens is 1. The van der Waals surface area contributed by atoms with Crippen LogP contribution < -0.4 is 5.32 Å². The van der Waals surface area contributed by atoms with E-state index in [0.717, 1.165) is 4.47 Å². The van der Waals surface area contributed by atoms with Crippen LogP contribution in [0.25, 0.3) is 0 Å². The van der Waals surface area contributed by atoms with Gasteiger partial charge in [-0.1, -0.05) is 0 Å². The largest absolute Gasteiger partial charge is 0.476 e. The molecule has 19 heavy (non-hydrogen) atoms. The Hall–Kier alpha value is -1.67. The van der Waals surface area contributed by atoms with Crippen LogP contribution in [0.2, 0.25) is 0 Å². The molecule has 1 amide bonds. The highest BCUT2D eigenvalue weighted by Crippen LogP contribution is 2.22. The fraction of sp³-hybridized carbons (Fsp3) is 0.182. The molecule has 0 aliphatic carbocycles. The van der Waals surface area contributed by atoms with Crippen LogP contribution in [0, 0.1) is 0 Å². The SMILES string of the molecule is O=C(O)c1cn(CCNC(=O)c2sccc2Br)cn1. The number of carboxylic acid groups (broad SMARTS) is 1. The Morgan fingerprint density at radius 2 is 2.32 bits per heavy atom. The summed E-state index contributed by atoms with van der Waals surface area (Å²) in [5.74, 6) is -1.22. The first kappa shape index (κ1) is 13.8. The molecule has 0 atom stereocenters. The van der Waals surface area contributed by atoms with Crippen molar-refractivity contribution in [2.45, 2.75) is 6.54 Å². The van der Waals surface area contributed by atoms with Gasteiger partial charge in [-0.3, -0.25) is 4.79 Å². The minimum atomic E-state index is -1.06. The van der Waals surface area contributed by atoms with E-state index in [9.17, 15) is 9.59 Å². The summed E-state index contributed by atoms with van der Waals surface area (Å²) in [6.45, 7) is 0.869. The number of carbonyl (C=O) groups excluding carboxylic acids is 1. The maximum Gasteiger partial charge on any atom is 0.356 e. The van der Waals surface area contributed by atoms with Crippen LogP contribution in [0.4, 0.5) is 0 Å². The first-order chi connectivity index (χ1) is 9.08. The highest BCUT2D eigenvalue weighted by atomic mass is 79.9. The average molecular weight is 344 g/mol. The number of aromatic carboxylic acids is 1. The van der Waals surface area contributed by atoms with Crippen molar-refractivity contribution in [2.24, 2.45) is 0 Å². The molecule has 0 spiro atoms. The first-order valence-electron chi connectivity index (χ1n) is 5.34. The van der Waals surface area contributed by atoms with Gasteiger partial charge >= 0.3 is 5.97 Å². The van der Waals surface area contributed by atoms with E-state index >= 15 is 0 Å². The van der Waals surface area contributed by atoms with Crippen molar-refractivity contribution < 1.29 is 14.7 Å². The number of aromatic nitrogens is 2. The lowest BCUT2D eigenvalue weighted by Gasteiger charge is -2.04. The highest BCUT2D eigenvalue weighted by molar-refractivity contribution is 9.10. The molecule has 2 rings (SSSR count). The monoisotopic (exact) mass is 343 g/mol. The zero-order valence-corrected chi connectivity index (χ0v) is 12.1. The number of hydrogen-bond acceptors (Lipinski definition) is 4. The van der Waals surface area contributed by atoms with E-state index in [1.54, 1.807) is 4.57 Å². The number of amides is 1. The maximum atomic E-state index is 11.8. The number of carboxylic acids is 1. The summed E-state index contributed by atoms with van der Waals surface area (Å²) in [5.41, 5.74) is -0.00710. The van der Waals surface area contributed by atoms with Crippen molar-refractivity contribution in [3.63, 3.8) is 0 Å². The summed E-state index contributed by atoms with van der Waals surface area (Å²) in [6.07, 6.45) is 2.85. The maximum absolute atomic E-state index is 11.8. The molecule has 0 saturated carbocycles. The first-order valence-corrected chi connectivity index (χ1v) is 7.01. The lowest BCUT2D eigenvalue weighted by Crippen LogP contribution is -2.26. The molecule has 0 bridgehead atoms. The smallest absolute Gasteiger partial charge is 0.356 e. The summed E-state index contributed by atoms with van der Waals surface area (Å²) in [7, 11) is 0. The quantitative estimate of drug-likeness (QED) is 0.867. The van der Waals surface area contributed by atoms with E-state index in [1.165, 1.54) is 23.9 Å². The van der Waals surface area contributed by atoms with Gasteiger partial charge in [-0.15, -0.1) is 11.3 Å². The molecular formula is C11H10BrN3O3S. The molecule has 0 aromatic carbocycles. The van der Waals surface area contributed by atoms with E-state index in [2.05, 4.69) is 26.2 Å². The topological polar surface area (TPSA) is 84.2 Å². The molecular weight excluding hydrogens is 334 g/mol. The molecule has 0 saturated heterocycles. The van der Waals surface area contributed by atoms with Gasteiger partial charge in [0.15, 0.2) is 5.69 Å². The van der Waals surface area contributed by atoms with Crippen molar-refractivity contribution in [3.05, 3.63) is 39.0 Å². The van der Waals surface area contributed by atoms with E-state index in [4.69, 9.17) is 5.11 Å². The third kappa shape index (κ3) is 3.42. The number of thiophene rings is 1. The molecule has 0 fully saturated rings. The second-order valence-electron chi connectivity index (χ2n) is 3.66. The number of nitrogens with zero attached hydrogens (tertiary/aromatic N) is 2. The summed E-state index contributed by atoms with van der Waals surface area (Å²) in [5, 5.41) is 13.3. The van der Waals surface area contributed by atoms with Crippen LogP contribution in [0.3, 0.4) is 0 Å². The fourth-order valence-electron chi connectivity index (χ4n) is 1.43. The van der Waals surface area contributed by atoms with Gasteiger partial charge in [0.1, 0.15) is 4.88 Å². The molecule has 2 N–H and O–H groups in total. The highest BCUT2D eigenvalue weighted by Gasteiger charge is 2.11. The van der Waals surface area contributed by atoms with Gasteiger partial charge < -0.3 is 15.0 Å². The number of carbonyl (C=O) groups is 2. The van der Waals surface area contributed by atoms with Crippen LogP contribution in [-0.2, 0) is 6.54 Å². The summed E-state index contributed by atoms with van der Waals surface area (Å²) >= 11 is 4.65. The van der Waals surface area contributed by atoms with E-state index < -0.39 is 5.97 Å². The Labute approximate surface area is 121 Å². The van der Waals surface area contributed by atoms with Gasteiger partial charge in [0.25, 0.3) is 5.91 Å². The van der Waals surface area contributed by atoms with Crippen LogP contribution in [-0.4, -0.2) is 33.1 Å². The van der Waals surface area contributed by atoms with Gasteiger partial charge in [-0.25, -0.2) is 9.78 Å². The van der Waals surface area contributed by atoms with Crippen molar-refractivity contribution in [3.8, 4) is 0 Å². The van der Waals surface area contributed by atoms with Crippen LogP contribution in [0.5, 0.6) is 0 Å².